The molecular formula is C15H29N3S2. The first-order chi connectivity index (χ1) is 9.57. The highest BCUT2D eigenvalue weighted by atomic mass is 32.2. The van der Waals surface area contributed by atoms with Gasteiger partial charge < -0.3 is 15.5 Å². The zero-order valence-electron chi connectivity index (χ0n) is 12.9. The van der Waals surface area contributed by atoms with Crippen LogP contribution < -0.4 is 5.73 Å². The normalized spacial score (nSPS) is 28.4. The Hall–Kier alpha value is 0.160. The van der Waals surface area contributed by atoms with Crippen molar-refractivity contribution in [2.75, 3.05) is 39.5 Å². The molecule has 2 fully saturated rings. The van der Waals surface area contributed by atoms with Gasteiger partial charge in [0.1, 0.15) is 0 Å². The lowest BCUT2D eigenvalue weighted by Gasteiger charge is -2.41. The van der Waals surface area contributed by atoms with Gasteiger partial charge in [0.05, 0.1) is 9.74 Å². The van der Waals surface area contributed by atoms with Crippen molar-refractivity contribution in [1.82, 2.24) is 9.80 Å². The summed E-state index contributed by atoms with van der Waals surface area (Å²) in [6, 6.07) is 0.798. The summed E-state index contributed by atoms with van der Waals surface area (Å²) in [5.41, 5.74) is 5.95. The minimum atomic E-state index is 0.0630. The van der Waals surface area contributed by atoms with Crippen LogP contribution in [0.25, 0.3) is 0 Å². The Morgan fingerprint density at radius 3 is 2.55 bits per heavy atom. The fourth-order valence-corrected chi connectivity index (χ4v) is 4.78. The lowest BCUT2D eigenvalue weighted by molar-refractivity contribution is 0.144. The summed E-state index contributed by atoms with van der Waals surface area (Å²) in [6.07, 6.45) is 9.86. The summed E-state index contributed by atoms with van der Waals surface area (Å²) in [4.78, 5) is 5.86. The van der Waals surface area contributed by atoms with Gasteiger partial charge in [0, 0.05) is 6.04 Å². The van der Waals surface area contributed by atoms with Gasteiger partial charge in [0.25, 0.3) is 0 Å². The van der Waals surface area contributed by atoms with Crippen LogP contribution in [-0.2, 0) is 0 Å². The molecule has 5 heteroatoms. The monoisotopic (exact) mass is 315 g/mol. The third-order valence-electron chi connectivity index (χ3n) is 5.20. The number of hydrogen-bond donors (Lipinski definition) is 1. The molecule has 2 saturated heterocycles. The van der Waals surface area contributed by atoms with Gasteiger partial charge in [-0.05, 0) is 71.6 Å². The van der Waals surface area contributed by atoms with E-state index in [4.69, 9.17) is 18.0 Å². The number of thiocarbonyl (C=S) groups is 1. The van der Waals surface area contributed by atoms with Gasteiger partial charge in [0.15, 0.2) is 0 Å². The summed E-state index contributed by atoms with van der Waals surface area (Å²) >= 11 is 7.13. The van der Waals surface area contributed by atoms with Gasteiger partial charge in [-0.25, -0.2) is 0 Å². The van der Waals surface area contributed by atoms with Gasteiger partial charge >= 0.3 is 0 Å². The van der Waals surface area contributed by atoms with Crippen LogP contribution in [-0.4, -0.2) is 65.1 Å². The van der Waals surface area contributed by atoms with Crippen molar-refractivity contribution in [2.24, 2.45) is 5.73 Å². The highest BCUT2D eigenvalue weighted by Crippen LogP contribution is 2.35. The predicted octanol–water partition coefficient (Wildman–Crippen LogP) is 2.34. The smallest absolute Gasteiger partial charge is 0.0891 e. The third-order valence-corrected chi connectivity index (χ3v) is 7.13. The molecule has 3 nitrogen and oxygen atoms in total. The predicted molar refractivity (Wildman–Crippen MR) is 93.6 cm³/mol. The van der Waals surface area contributed by atoms with E-state index in [-0.39, 0.29) is 4.75 Å². The number of thioether (sulfide) groups is 1. The van der Waals surface area contributed by atoms with E-state index in [9.17, 15) is 0 Å². The first-order valence-corrected chi connectivity index (χ1v) is 9.48. The lowest BCUT2D eigenvalue weighted by Crippen LogP contribution is -2.50. The summed E-state index contributed by atoms with van der Waals surface area (Å²) in [5.74, 6) is 0. The second kappa shape index (κ2) is 7.43. The summed E-state index contributed by atoms with van der Waals surface area (Å²) in [6.45, 7) is 4.81. The highest BCUT2D eigenvalue weighted by molar-refractivity contribution is 8.02. The second-order valence-electron chi connectivity index (χ2n) is 6.32. The number of piperidine rings is 2. The molecule has 0 bridgehead atoms. The molecule has 2 heterocycles. The van der Waals surface area contributed by atoms with Crippen LogP contribution in [0.3, 0.4) is 0 Å². The Kier molecular flexibility index (Phi) is 6.14. The molecule has 2 N–H and O–H groups in total. The SMILES string of the molecule is CSC1(C(N)=S)CCN(CCC2CCCCN2C)CC1. The Morgan fingerprint density at radius 1 is 1.30 bits per heavy atom. The van der Waals surface area contributed by atoms with E-state index in [1.54, 1.807) is 0 Å². The molecule has 116 valence electrons. The topological polar surface area (TPSA) is 32.5 Å². The number of nitrogens with two attached hydrogens (primary N) is 1. The standard InChI is InChI=1S/C15H29N3S2/c1-17-9-4-3-5-13(17)6-10-18-11-7-15(20-2,8-12-18)14(16)19/h13H,3-12H2,1-2H3,(H2,16,19). The van der Waals surface area contributed by atoms with E-state index in [0.717, 1.165) is 32.0 Å². The second-order valence-corrected chi connectivity index (χ2v) is 7.95. The molecule has 0 aromatic rings. The quantitative estimate of drug-likeness (QED) is 0.787. The molecule has 0 saturated carbocycles. The van der Waals surface area contributed by atoms with E-state index < -0.39 is 0 Å². The first kappa shape index (κ1) is 16.5. The fraction of sp³-hybridized carbons (Fsp3) is 0.933. The first-order valence-electron chi connectivity index (χ1n) is 7.85. The number of rotatable bonds is 5. The molecule has 0 aromatic heterocycles. The minimum absolute atomic E-state index is 0.0630. The average molecular weight is 316 g/mol. The largest absolute Gasteiger partial charge is 0.392 e. The van der Waals surface area contributed by atoms with Crippen molar-refractivity contribution in [1.29, 1.82) is 0 Å². The van der Waals surface area contributed by atoms with E-state index in [0.29, 0.717) is 4.99 Å². The van der Waals surface area contributed by atoms with Crippen molar-refractivity contribution in [3.8, 4) is 0 Å². The van der Waals surface area contributed by atoms with Gasteiger partial charge in [0.2, 0.25) is 0 Å². The minimum Gasteiger partial charge on any atom is -0.392 e. The molecule has 2 rings (SSSR count). The molecule has 0 amide bonds. The molecule has 0 spiro atoms. The van der Waals surface area contributed by atoms with Gasteiger partial charge in [-0.15, -0.1) is 0 Å². The number of nitrogens with zero attached hydrogens (tertiary/aromatic N) is 2. The maximum atomic E-state index is 5.95. The lowest BCUT2D eigenvalue weighted by atomic mass is 9.94. The molecular weight excluding hydrogens is 286 g/mol. The molecule has 2 aliphatic heterocycles. The summed E-state index contributed by atoms with van der Waals surface area (Å²) < 4.78 is 0.0630. The van der Waals surface area contributed by atoms with Crippen molar-refractivity contribution in [2.45, 2.75) is 49.3 Å². The van der Waals surface area contributed by atoms with Crippen molar-refractivity contribution in [3.05, 3.63) is 0 Å². The van der Waals surface area contributed by atoms with Crippen molar-refractivity contribution >= 4 is 29.0 Å². The maximum Gasteiger partial charge on any atom is 0.0891 e. The molecule has 1 unspecified atom stereocenters. The zero-order valence-corrected chi connectivity index (χ0v) is 14.6. The Balaban J connectivity index is 1.75. The zero-order chi connectivity index (χ0) is 14.6. The van der Waals surface area contributed by atoms with Crippen LogP contribution in [0.4, 0.5) is 0 Å². The molecule has 0 radical (unpaired) electrons. The van der Waals surface area contributed by atoms with Crippen molar-refractivity contribution < 1.29 is 0 Å². The summed E-state index contributed by atoms with van der Waals surface area (Å²) in [7, 11) is 2.28. The highest BCUT2D eigenvalue weighted by Gasteiger charge is 2.36. The van der Waals surface area contributed by atoms with E-state index >= 15 is 0 Å². The Morgan fingerprint density at radius 2 is 2.00 bits per heavy atom. The van der Waals surface area contributed by atoms with Crippen LogP contribution in [0.15, 0.2) is 0 Å². The van der Waals surface area contributed by atoms with Crippen molar-refractivity contribution in [3.63, 3.8) is 0 Å². The van der Waals surface area contributed by atoms with E-state index in [2.05, 4.69) is 23.1 Å². The summed E-state index contributed by atoms with van der Waals surface area (Å²) in [5, 5.41) is 0. The fourth-order valence-electron chi connectivity index (χ4n) is 3.53. The van der Waals surface area contributed by atoms with Crippen LogP contribution in [0.5, 0.6) is 0 Å². The third kappa shape index (κ3) is 3.87. The average Bonchev–Trinajstić information content (AvgIpc) is 2.47. The van der Waals surface area contributed by atoms with Gasteiger partial charge in [-0.2, -0.15) is 11.8 Å². The van der Waals surface area contributed by atoms with Gasteiger partial charge in [-0.1, -0.05) is 18.6 Å². The molecule has 0 aliphatic carbocycles. The molecule has 20 heavy (non-hydrogen) atoms. The van der Waals surface area contributed by atoms with E-state index in [1.807, 2.05) is 11.8 Å². The van der Waals surface area contributed by atoms with Gasteiger partial charge in [-0.3, -0.25) is 0 Å². The number of hydrogen-bond acceptors (Lipinski definition) is 4. The molecule has 1 atom stereocenters. The molecule has 2 aliphatic rings. The maximum absolute atomic E-state index is 5.95. The number of likely N-dealkylation sites (tertiary alicyclic amines) is 2. The Bertz CT molecular complexity index is 327. The van der Waals surface area contributed by atoms with E-state index in [1.165, 1.54) is 38.8 Å². The van der Waals surface area contributed by atoms with Crippen LogP contribution >= 0.6 is 24.0 Å². The van der Waals surface area contributed by atoms with Crippen LogP contribution in [0, 0.1) is 0 Å². The Labute approximate surface area is 133 Å². The van der Waals surface area contributed by atoms with Crippen LogP contribution in [0.2, 0.25) is 0 Å². The van der Waals surface area contributed by atoms with Crippen LogP contribution in [0.1, 0.15) is 38.5 Å². The molecule has 0 aromatic carbocycles.